The topological polar surface area (TPSA) is 69.6 Å². The van der Waals surface area contributed by atoms with Crippen LogP contribution in [0.25, 0.3) is 0 Å². The SMILES string of the molecule is CCCCC(NCCC(O)c1ccc(Cl)cc1)C(=O)O. The predicted octanol–water partition coefficient (Wildman–Crippen LogP) is 3.00. The Morgan fingerprint density at radius 1 is 1.30 bits per heavy atom. The molecule has 1 aromatic carbocycles. The molecule has 0 aliphatic carbocycles. The number of aliphatic hydroxyl groups is 1. The zero-order valence-electron chi connectivity index (χ0n) is 11.7. The van der Waals surface area contributed by atoms with Gasteiger partial charge in [-0.3, -0.25) is 4.79 Å². The van der Waals surface area contributed by atoms with Crippen LogP contribution in [0.3, 0.4) is 0 Å². The number of benzene rings is 1. The number of unbranched alkanes of at least 4 members (excludes halogenated alkanes) is 1. The van der Waals surface area contributed by atoms with Crippen molar-refractivity contribution in [3.63, 3.8) is 0 Å². The summed E-state index contributed by atoms with van der Waals surface area (Å²) in [6.07, 6.45) is 2.32. The van der Waals surface area contributed by atoms with Gasteiger partial charge in [-0.25, -0.2) is 0 Å². The molecule has 0 radical (unpaired) electrons. The molecular formula is C15H22ClNO3. The minimum atomic E-state index is -0.834. The minimum absolute atomic E-state index is 0.463. The highest BCUT2D eigenvalue weighted by Crippen LogP contribution is 2.18. The predicted molar refractivity (Wildman–Crippen MR) is 80.0 cm³/mol. The van der Waals surface area contributed by atoms with Crippen LogP contribution in [0.4, 0.5) is 0 Å². The first kappa shape index (κ1) is 17.0. The number of carbonyl (C=O) groups is 1. The molecule has 0 aromatic heterocycles. The molecule has 1 rings (SSSR count). The Morgan fingerprint density at radius 3 is 2.50 bits per heavy atom. The summed E-state index contributed by atoms with van der Waals surface area (Å²) in [4.78, 5) is 11.0. The number of halogens is 1. The number of hydrogen-bond acceptors (Lipinski definition) is 3. The van der Waals surface area contributed by atoms with E-state index in [1.807, 2.05) is 6.92 Å². The first-order chi connectivity index (χ1) is 9.54. The molecule has 20 heavy (non-hydrogen) atoms. The second-order valence-electron chi connectivity index (χ2n) is 4.84. The van der Waals surface area contributed by atoms with Gasteiger partial charge < -0.3 is 15.5 Å². The van der Waals surface area contributed by atoms with Gasteiger partial charge in [0.05, 0.1) is 6.10 Å². The number of aliphatic carboxylic acids is 1. The van der Waals surface area contributed by atoms with Gasteiger partial charge in [-0.15, -0.1) is 0 Å². The maximum atomic E-state index is 11.0. The van der Waals surface area contributed by atoms with Crippen LogP contribution >= 0.6 is 11.6 Å². The van der Waals surface area contributed by atoms with E-state index in [0.717, 1.165) is 18.4 Å². The molecule has 0 saturated carbocycles. The zero-order chi connectivity index (χ0) is 15.0. The average molecular weight is 300 g/mol. The first-order valence-corrected chi connectivity index (χ1v) is 7.32. The van der Waals surface area contributed by atoms with Crippen LogP contribution in [0.5, 0.6) is 0 Å². The molecule has 0 fully saturated rings. The molecule has 0 aliphatic rings. The fourth-order valence-electron chi connectivity index (χ4n) is 1.97. The highest BCUT2D eigenvalue weighted by atomic mass is 35.5. The van der Waals surface area contributed by atoms with Gasteiger partial charge in [0.15, 0.2) is 0 Å². The highest BCUT2D eigenvalue weighted by Gasteiger charge is 2.16. The van der Waals surface area contributed by atoms with E-state index in [1.165, 1.54) is 0 Å². The van der Waals surface area contributed by atoms with Crippen molar-refractivity contribution in [3.05, 3.63) is 34.9 Å². The van der Waals surface area contributed by atoms with E-state index < -0.39 is 18.1 Å². The molecule has 5 heteroatoms. The van der Waals surface area contributed by atoms with E-state index in [2.05, 4.69) is 5.32 Å². The molecule has 0 heterocycles. The van der Waals surface area contributed by atoms with Crippen molar-refractivity contribution in [1.82, 2.24) is 5.32 Å². The molecule has 4 nitrogen and oxygen atoms in total. The molecule has 2 unspecified atom stereocenters. The molecule has 1 aromatic rings. The van der Waals surface area contributed by atoms with Crippen molar-refractivity contribution in [2.45, 2.75) is 44.8 Å². The summed E-state index contributed by atoms with van der Waals surface area (Å²) in [6, 6.07) is 6.48. The van der Waals surface area contributed by atoms with Crippen LogP contribution in [0, 0.1) is 0 Å². The number of aliphatic hydroxyl groups excluding tert-OH is 1. The van der Waals surface area contributed by atoms with Crippen LogP contribution in [0.1, 0.15) is 44.3 Å². The molecule has 3 N–H and O–H groups in total. The molecule has 0 amide bonds. The van der Waals surface area contributed by atoms with Crippen molar-refractivity contribution in [2.24, 2.45) is 0 Å². The maximum Gasteiger partial charge on any atom is 0.320 e. The number of carboxylic acid groups (broad SMARTS) is 1. The Hall–Kier alpha value is -1.10. The summed E-state index contributed by atoms with van der Waals surface area (Å²) >= 11 is 5.79. The Balaban J connectivity index is 2.38. The molecule has 2 atom stereocenters. The Kier molecular flexibility index (Phi) is 7.59. The van der Waals surface area contributed by atoms with Crippen molar-refractivity contribution in [3.8, 4) is 0 Å². The first-order valence-electron chi connectivity index (χ1n) is 6.94. The fourth-order valence-corrected chi connectivity index (χ4v) is 2.09. The number of nitrogens with one attached hydrogen (secondary N) is 1. The van der Waals surface area contributed by atoms with E-state index in [0.29, 0.717) is 24.4 Å². The summed E-state index contributed by atoms with van der Waals surface area (Å²) < 4.78 is 0. The third-order valence-corrected chi connectivity index (χ3v) is 3.46. The van der Waals surface area contributed by atoms with Gasteiger partial charge in [0.25, 0.3) is 0 Å². The summed E-state index contributed by atoms with van der Waals surface area (Å²) in [5.74, 6) is -0.834. The number of hydrogen-bond donors (Lipinski definition) is 3. The van der Waals surface area contributed by atoms with Gasteiger partial charge in [-0.1, -0.05) is 43.5 Å². The van der Waals surface area contributed by atoms with Crippen LogP contribution in [0.2, 0.25) is 5.02 Å². The normalized spacial score (nSPS) is 13.9. The third kappa shape index (κ3) is 5.90. The van der Waals surface area contributed by atoms with E-state index >= 15 is 0 Å². The van der Waals surface area contributed by atoms with Gasteiger partial charge in [-0.2, -0.15) is 0 Å². The highest BCUT2D eigenvalue weighted by molar-refractivity contribution is 6.30. The van der Waals surface area contributed by atoms with Crippen LogP contribution in [0.15, 0.2) is 24.3 Å². The lowest BCUT2D eigenvalue weighted by Gasteiger charge is -2.16. The Morgan fingerprint density at radius 2 is 1.95 bits per heavy atom. The molecule has 112 valence electrons. The summed E-state index contributed by atoms with van der Waals surface area (Å²) in [6.45, 7) is 2.49. The molecule has 0 bridgehead atoms. The monoisotopic (exact) mass is 299 g/mol. The van der Waals surface area contributed by atoms with Gasteiger partial charge in [0.1, 0.15) is 6.04 Å². The summed E-state index contributed by atoms with van der Waals surface area (Å²) in [5.41, 5.74) is 0.789. The lowest BCUT2D eigenvalue weighted by atomic mass is 10.1. The third-order valence-electron chi connectivity index (χ3n) is 3.21. The second-order valence-corrected chi connectivity index (χ2v) is 5.28. The van der Waals surface area contributed by atoms with Crippen molar-refractivity contribution >= 4 is 17.6 Å². The minimum Gasteiger partial charge on any atom is -0.480 e. The Bertz CT molecular complexity index is 408. The van der Waals surface area contributed by atoms with Crippen LogP contribution < -0.4 is 5.32 Å². The standard InChI is InChI=1S/C15H22ClNO3/c1-2-3-4-13(15(19)20)17-10-9-14(18)11-5-7-12(16)8-6-11/h5-8,13-14,17-18H,2-4,9-10H2,1H3,(H,19,20). The number of rotatable bonds is 9. The number of carboxylic acids is 1. The summed E-state index contributed by atoms with van der Waals surface area (Å²) in [5, 5.41) is 22.7. The van der Waals surface area contributed by atoms with E-state index in [1.54, 1.807) is 24.3 Å². The van der Waals surface area contributed by atoms with Crippen LogP contribution in [-0.4, -0.2) is 28.8 Å². The van der Waals surface area contributed by atoms with Crippen LogP contribution in [-0.2, 0) is 4.79 Å². The van der Waals surface area contributed by atoms with Gasteiger partial charge >= 0.3 is 5.97 Å². The molecule has 0 saturated heterocycles. The zero-order valence-corrected chi connectivity index (χ0v) is 12.4. The lowest BCUT2D eigenvalue weighted by Crippen LogP contribution is -2.37. The fraction of sp³-hybridized carbons (Fsp3) is 0.533. The largest absolute Gasteiger partial charge is 0.480 e. The second kappa shape index (κ2) is 8.95. The van der Waals surface area contributed by atoms with E-state index in [-0.39, 0.29) is 0 Å². The smallest absolute Gasteiger partial charge is 0.320 e. The van der Waals surface area contributed by atoms with E-state index in [9.17, 15) is 9.90 Å². The van der Waals surface area contributed by atoms with Gasteiger partial charge in [0, 0.05) is 5.02 Å². The maximum absolute atomic E-state index is 11.0. The molecule has 0 aliphatic heterocycles. The van der Waals surface area contributed by atoms with Crippen molar-refractivity contribution in [2.75, 3.05) is 6.54 Å². The lowest BCUT2D eigenvalue weighted by molar-refractivity contribution is -0.139. The average Bonchev–Trinajstić information content (AvgIpc) is 2.42. The van der Waals surface area contributed by atoms with Gasteiger partial charge in [0.2, 0.25) is 0 Å². The summed E-state index contributed by atoms with van der Waals surface area (Å²) in [7, 11) is 0. The van der Waals surface area contributed by atoms with Crippen molar-refractivity contribution < 1.29 is 15.0 Å². The Labute approximate surface area is 124 Å². The van der Waals surface area contributed by atoms with Crippen molar-refractivity contribution in [1.29, 1.82) is 0 Å². The quantitative estimate of drug-likeness (QED) is 0.655. The van der Waals surface area contributed by atoms with E-state index in [4.69, 9.17) is 16.7 Å². The molecular weight excluding hydrogens is 278 g/mol. The van der Waals surface area contributed by atoms with Gasteiger partial charge in [-0.05, 0) is 37.1 Å². The molecule has 0 spiro atoms.